The first-order chi connectivity index (χ1) is 8.61. The van der Waals surface area contributed by atoms with Gasteiger partial charge in [0, 0.05) is 12.0 Å². The molecule has 4 nitrogen and oxygen atoms in total. The minimum Gasteiger partial charge on any atom is -0.481 e. The molecule has 0 aromatic heterocycles. The lowest BCUT2D eigenvalue weighted by molar-refractivity contribution is -0.147. The molecule has 2 unspecified atom stereocenters. The van der Waals surface area contributed by atoms with Crippen LogP contribution in [0.4, 0.5) is 0 Å². The first-order valence-corrected chi connectivity index (χ1v) is 7.13. The van der Waals surface area contributed by atoms with Crippen molar-refractivity contribution < 1.29 is 14.7 Å². The zero-order chi connectivity index (χ0) is 15.3. The van der Waals surface area contributed by atoms with Gasteiger partial charge in [0.05, 0.1) is 5.41 Å². The number of carboxylic acids is 1. The van der Waals surface area contributed by atoms with Crippen molar-refractivity contribution in [1.82, 2.24) is 5.32 Å². The second-order valence-corrected chi connectivity index (χ2v) is 6.28. The maximum atomic E-state index is 12.3. The summed E-state index contributed by atoms with van der Waals surface area (Å²) in [6, 6.07) is 0. The van der Waals surface area contributed by atoms with Crippen molar-refractivity contribution in [1.29, 1.82) is 0 Å². The summed E-state index contributed by atoms with van der Waals surface area (Å²) in [7, 11) is 0. The van der Waals surface area contributed by atoms with Gasteiger partial charge < -0.3 is 10.4 Å². The van der Waals surface area contributed by atoms with Crippen LogP contribution in [-0.2, 0) is 9.59 Å². The van der Waals surface area contributed by atoms with Crippen LogP contribution in [0.5, 0.6) is 0 Å². The normalized spacial score (nSPS) is 16.5. The molecule has 0 saturated carbocycles. The quantitative estimate of drug-likeness (QED) is 0.713. The standard InChI is InChI=1S/C15H29NO3/c1-7-11(3)15(6,8-2)12(17)16-10-9-14(4,5)13(18)19/h11H,7-10H2,1-6H3,(H,16,17)(H,18,19). The molecule has 0 heterocycles. The van der Waals surface area contributed by atoms with E-state index in [0.29, 0.717) is 18.9 Å². The number of nitrogens with one attached hydrogen (secondary N) is 1. The third-order valence-corrected chi connectivity index (χ3v) is 4.57. The molecule has 0 aliphatic rings. The topological polar surface area (TPSA) is 66.4 Å². The molecule has 0 aromatic rings. The SMILES string of the molecule is CCC(C)C(C)(CC)C(=O)NCCC(C)(C)C(=O)O. The zero-order valence-electron chi connectivity index (χ0n) is 13.2. The van der Waals surface area contributed by atoms with Crippen LogP contribution in [0, 0.1) is 16.7 Å². The summed E-state index contributed by atoms with van der Waals surface area (Å²) >= 11 is 0. The van der Waals surface area contributed by atoms with Crippen LogP contribution < -0.4 is 5.32 Å². The van der Waals surface area contributed by atoms with Gasteiger partial charge in [-0.2, -0.15) is 0 Å². The highest BCUT2D eigenvalue weighted by molar-refractivity contribution is 5.82. The number of hydrogen-bond donors (Lipinski definition) is 2. The van der Waals surface area contributed by atoms with Gasteiger partial charge in [0.2, 0.25) is 5.91 Å². The summed E-state index contributed by atoms with van der Waals surface area (Å²) in [6.07, 6.45) is 2.18. The van der Waals surface area contributed by atoms with Crippen LogP contribution in [0.15, 0.2) is 0 Å². The van der Waals surface area contributed by atoms with E-state index >= 15 is 0 Å². The number of carboxylic acid groups (broad SMARTS) is 1. The highest BCUT2D eigenvalue weighted by Gasteiger charge is 2.36. The smallest absolute Gasteiger partial charge is 0.309 e. The molecule has 2 N–H and O–H groups in total. The first-order valence-electron chi connectivity index (χ1n) is 7.13. The Balaban J connectivity index is 4.50. The molecule has 2 atom stereocenters. The van der Waals surface area contributed by atoms with Gasteiger partial charge in [0.25, 0.3) is 0 Å². The summed E-state index contributed by atoms with van der Waals surface area (Å²) in [5.74, 6) is -0.488. The number of hydrogen-bond acceptors (Lipinski definition) is 2. The maximum absolute atomic E-state index is 12.3. The van der Waals surface area contributed by atoms with Crippen LogP contribution in [-0.4, -0.2) is 23.5 Å². The minimum atomic E-state index is -0.832. The summed E-state index contributed by atoms with van der Waals surface area (Å²) in [6.45, 7) is 11.9. The molecule has 112 valence electrons. The van der Waals surface area contributed by atoms with Gasteiger partial charge in [0.15, 0.2) is 0 Å². The Morgan fingerprint density at radius 3 is 2.11 bits per heavy atom. The molecule has 1 amide bonds. The second kappa shape index (κ2) is 6.92. The van der Waals surface area contributed by atoms with Crippen LogP contribution >= 0.6 is 0 Å². The fourth-order valence-corrected chi connectivity index (χ4v) is 1.98. The van der Waals surface area contributed by atoms with E-state index in [4.69, 9.17) is 5.11 Å². The van der Waals surface area contributed by atoms with Gasteiger partial charge in [-0.1, -0.05) is 34.1 Å². The number of carbonyl (C=O) groups excluding carboxylic acids is 1. The molecule has 0 fully saturated rings. The Morgan fingerprint density at radius 2 is 1.74 bits per heavy atom. The monoisotopic (exact) mass is 271 g/mol. The number of aliphatic carboxylic acids is 1. The molecule has 0 aromatic carbocycles. The fourth-order valence-electron chi connectivity index (χ4n) is 1.98. The van der Waals surface area contributed by atoms with E-state index in [2.05, 4.69) is 19.2 Å². The summed E-state index contributed by atoms with van der Waals surface area (Å²) < 4.78 is 0. The van der Waals surface area contributed by atoms with Crippen molar-refractivity contribution in [2.75, 3.05) is 6.54 Å². The van der Waals surface area contributed by atoms with E-state index in [1.165, 1.54) is 0 Å². The molecular formula is C15H29NO3. The predicted molar refractivity (Wildman–Crippen MR) is 76.9 cm³/mol. The van der Waals surface area contributed by atoms with Crippen LogP contribution in [0.3, 0.4) is 0 Å². The van der Waals surface area contributed by atoms with E-state index in [0.717, 1.165) is 12.8 Å². The molecule has 4 heteroatoms. The van der Waals surface area contributed by atoms with Gasteiger partial charge in [-0.25, -0.2) is 0 Å². The highest BCUT2D eigenvalue weighted by atomic mass is 16.4. The Morgan fingerprint density at radius 1 is 1.21 bits per heavy atom. The van der Waals surface area contributed by atoms with Gasteiger partial charge >= 0.3 is 5.97 Å². The van der Waals surface area contributed by atoms with Crippen molar-refractivity contribution in [3.63, 3.8) is 0 Å². The second-order valence-electron chi connectivity index (χ2n) is 6.28. The van der Waals surface area contributed by atoms with E-state index in [1.54, 1.807) is 13.8 Å². The van der Waals surface area contributed by atoms with Gasteiger partial charge in [-0.3, -0.25) is 9.59 Å². The number of amides is 1. The molecule has 0 rings (SSSR count). The lowest BCUT2D eigenvalue weighted by Crippen LogP contribution is -2.44. The first kappa shape index (κ1) is 17.9. The summed E-state index contributed by atoms with van der Waals surface area (Å²) in [5, 5.41) is 11.9. The Hall–Kier alpha value is -1.06. The lowest BCUT2D eigenvalue weighted by atomic mass is 9.74. The van der Waals surface area contributed by atoms with E-state index < -0.39 is 11.4 Å². The van der Waals surface area contributed by atoms with E-state index in [9.17, 15) is 9.59 Å². The van der Waals surface area contributed by atoms with Crippen molar-refractivity contribution in [3.8, 4) is 0 Å². The molecule has 0 radical (unpaired) electrons. The van der Waals surface area contributed by atoms with Crippen LogP contribution in [0.1, 0.15) is 60.8 Å². The van der Waals surface area contributed by atoms with E-state index in [1.807, 2.05) is 13.8 Å². The largest absolute Gasteiger partial charge is 0.481 e. The number of carbonyl (C=O) groups is 2. The van der Waals surface area contributed by atoms with E-state index in [-0.39, 0.29) is 11.3 Å². The van der Waals surface area contributed by atoms with Crippen LogP contribution in [0.25, 0.3) is 0 Å². The van der Waals surface area contributed by atoms with Crippen molar-refractivity contribution in [3.05, 3.63) is 0 Å². The van der Waals surface area contributed by atoms with Crippen molar-refractivity contribution in [2.45, 2.75) is 60.8 Å². The summed E-state index contributed by atoms with van der Waals surface area (Å²) in [4.78, 5) is 23.3. The fraction of sp³-hybridized carbons (Fsp3) is 0.867. The maximum Gasteiger partial charge on any atom is 0.309 e. The molecule has 0 aliphatic carbocycles. The Bertz CT molecular complexity index is 325. The minimum absolute atomic E-state index is 0.0329. The Labute approximate surface area is 117 Å². The van der Waals surface area contributed by atoms with Gasteiger partial charge in [0.1, 0.15) is 0 Å². The summed E-state index contributed by atoms with van der Waals surface area (Å²) in [5.41, 5.74) is -1.17. The molecular weight excluding hydrogens is 242 g/mol. The van der Waals surface area contributed by atoms with Crippen molar-refractivity contribution in [2.24, 2.45) is 16.7 Å². The molecule has 0 saturated heterocycles. The third-order valence-electron chi connectivity index (χ3n) is 4.57. The molecule has 0 aliphatic heterocycles. The zero-order valence-corrected chi connectivity index (χ0v) is 13.2. The van der Waals surface area contributed by atoms with Crippen LogP contribution in [0.2, 0.25) is 0 Å². The highest BCUT2D eigenvalue weighted by Crippen LogP contribution is 2.33. The predicted octanol–water partition coefficient (Wildman–Crippen LogP) is 3.07. The Kier molecular flexibility index (Phi) is 6.53. The third kappa shape index (κ3) is 4.51. The average Bonchev–Trinajstić information content (AvgIpc) is 2.35. The lowest BCUT2D eigenvalue weighted by Gasteiger charge is -2.33. The molecule has 0 bridgehead atoms. The van der Waals surface area contributed by atoms with Gasteiger partial charge in [-0.05, 0) is 32.6 Å². The number of rotatable bonds is 8. The molecule has 0 spiro atoms. The van der Waals surface area contributed by atoms with Crippen molar-refractivity contribution >= 4 is 11.9 Å². The average molecular weight is 271 g/mol. The van der Waals surface area contributed by atoms with Gasteiger partial charge in [-0.15, -0.1) is 0 Å². The molecule has 19 heavy (non-hydrogen) atoms.